The molecule has 0 amide bonds. The van der Waals surface area contributed by atoms with Gasteiger partial charge in [0.2, 0.25) is 0 Å². The monoisotopic (exact) mass is 195 g/mol. The Bertz CT molecular complexity index is 389. The topological polar surface area (TPSA) is 49.8 Å². The molecule has 1 atom stereocenters. The van der Waals surface area contributed by atoms with Crippen molar-refractivity contribution in [2.45, 2.75) is 45.7 Å². The normalized spacial score (nSPS) is 20.7. The number of anilines is 1. The SMILES string of the molecule is CC(C)n1[nH]c2c(c1=O)CC[C@H](C)N2. The quantitative estimate of drug-likeness (QED) is 0.713. The van der Waals surface area contributed by atoms with E-state index in [1.807, 2.05) is 13.8 Å². The number of hydrogen-bond donors (Lipinski definition) is 2. The van der Waals surface area contributed by atoms with Crippen molar-refractivity contribution in [1.82, 2.24) is 9.78 Å². The van der Waals surface area contributed by atoms with E-state index in [0.29, 0.717) is 6.04 Å². The van der Waals surface area contributed by atoms with Crippen LogP contribution in [0.25, 0.3) is 0 Å². The molecular formula is C10H17N3O. The molecule has 14 heavy (non-hydrogen) atoms. The Morgan fingerprint density at radius 2 is 2.21 bits per heavy atom. The zero-order valence-electron chi connectivity index (χ0n) is 8.92. The maximum atomic E-state index is 11.9. The van der Waals surface area contributed by atoms with Crippen molar-refractivity contribution >= 4 is 5.82 Å². The first kappa shape index (κ1) is 9.37. The van der Waals surface area contributed by atoms with E-state index in [1.54, 1.807) is 4.68 Å². The third-order valence-corrected chi connectivity index (χ3v) is 2.75. The van der Waals surface area contributed by atoms with Crippen molar-refractivity contribution in [3.63, 3.8) is 0 Å². The number of aromatic amines is 1. The summed E-state index contributed by atoms with van der Waals surface area (Å²) < 4.78 is 1.69. The molecule has 1 aliphatic rings. The van der Waals surface area contributed by atoms with Crippen LogP contribution in [0.15, 0.2) is 4.79 Å². The van der Waals surface area contributed by atoms with Crippen LogP contribution in [0, 0.1) is 0 Å². The summed E-state index contributed by atoms with van der Waals surface area (Å²) in [6, 6.07) is 0.659. The summed E-state index contributed by atoms with van der Waals surface area (Å²) in [5, 5.41) is 6.42. The van der Waals surface area contributed by atoms with E-state index in [2.05, 4.69) is 17.3 Å². The lowest BCUT2D eigenvalue weighted by Gasteiger charge is -2.19. The van der Waals surface area contributed by atoms with Crippen molar-refractivity contribution in [1.29, 1.82) is 0 Å². The van der Waals surface area contributed by atoms with Crippen LogP contribution in [0.4, 0.5) is 5.82 Å². The van der Waals surface area contributed by atoms with Gasteiger partial charge in [-0.25, -0.2) is 4.68 Å². The number of aromatic nitrogens is 2. The first-order valence-electron chi connectivity index (χ1n) is 5.19. The highest BCUT2D eigenvalue weighted by atomic mass is 16.1. The van der Waals surface area contributed by atoms with Crippen LogP contribution in [0.5, 0.6) is 0 Å². The molecule has 78 valence electrons. The van der Waals surface area contributed by atoms with Gasteiger partial charge in [0.25, 0.3) is 5.56 Å². The maximum absolute atomic E-state index is 11.9. The van der Waals surface area contributed by atoms with Crippen LogP contribution >= 0.6 is 0 Å². The molecule has 0 radical (unpaired) electrons. The average molecular weight is 195 g/mol. The summed E-state index contributed by atoms with van der Waals surface area (Å²) in [4.78, 5) is 11.9. The molecule has 2 rings (SSSR count). The van der Waals surface area contributed by atoms with Crippen LogP contribution in [-0.2, 0) is 6.42 Å². The van der Waals surface area contributed by atoms with Gasteiger partial charge < -0.3 is 5.32 Å². The molecule has 0 aromatic carbocycles. The van der Waals surface area contributed by atoms with Gasteiger partial charge in [0.15, 0.2) is 0 Å². The Kier molecular flexibility index (Phi) is 2.13. The van der Waals surface area contributed by atoms with Crippen molar-refractivity contribution in [2.75, 3.05) is 5.32 Å². The molecular weight excluding hydrogens is 178 g/mol. The molecule has 0 saturated heterocycles. The number of nitrogens with zero attached hydrogens (tertiary/aromatic N) is 1. The highest BCUT2D eigenvalue weighted by molar-refractivity contribution is 5.46. The van der Waals surface area contributed by atoms with E-state index in [-0.39, 0.29) is 11.6 Å². The zero-order chi connectivity index (χ0) is 10.3. The highest BCUT2D eigenvalue weighted by Gasteiger charge is 2.21. The van der Waals surface area contributed by atoms with Crippen molar-refractivity contribution in [3.05, 3.63) is 15.9 Å². The predicted octanol–water partition coefficient (Wildman–Crippen LogP) is 1.50. The van der Waals surface area contributed by atoms with Gasteiger partial charge in [-0.3, -0.25) is 9.89 Å². The standard InChI is InChI=1S/C10H17N3O/c1-6(2)13-10(14)8-5-4-7(3)11-9(8)12-13/h6-7,11-12H,4-5H2,1-3H3/t7-/m0/s1. The Labute approximate surface area is 83.3 Å². The molecule has 0 bridgehead atoms. The van der Waals surface area contributed by atoms with E-state index in [0.717, 1.165) is 24.2 Å². The first-order valence-corrected chi connectivity index (χ1v) is 5.19. The molecule has 2 N–H and O–H groups in total. The minimum absolute atomic E-state index is 0.134. The summed E-state index contributed by atoms with van der Waals surface area (Å²) in [6.07, 6.45) is 1.93. The Balaban J connectivity index is 2.46. The molecule has 0 unspecified atom stereocenters. The third-order valence-electron chi connectivity index (χ3n) is 2.75. The van der Waals surface area contributed by atoms with Gasteiger partial charge in [-0.2, -0.15) is 0 Å². The van der Waals surface area contributed by atoms with Gasteiger partial charge in [-0.1, -0.05) is 0 Å². The molecule has 4 heteroatoms. The molecule has 0 saturated carbocycles. The summed E-state index contributed by atoms with van der Waals surface area (Å²) >= 11 is 0. The van der Waals surface area contributed by atoms with Gasteiger partial charge in [-0.05, 0) is 33.6 Å². The molecule has 1 aromatic rings. The third kappa shape index (κ3) is 1.35. The zero-order valence-corrected chi connectivity index (χ0v) is 8.92. The van der Waals surface area contributed by atoms with Gasteiger partial charge in [0.1, 0.15) is 5.82 Å². The van der Waals surface area contributed by atoms with E-state index < -0.39 is 0 Å². The Morgan fingerprint density at radius 3 is 2.86 bits per heavy atom. The second-order valence-electron chi connectivity index (χ2n) is 4.32. The van der Waals surface area contributed by atoms with Crippen molar-refractivity contribution in [3.8, 4) is 0 Å². The molecule has 1 aromatic heterocycles. The minimum Gasteiger partial charge on any atom is -0.368 e. The van der Waals surface area contributed by atoms with Crippen molar-refractivity contribution < 1.29 is 0 Å². The van der Waals surface area contributed by atoms with Gasteiger partial charge in [-0.15, -0.1) is 0 Å². The van der Waals surface area contributed by atoms with Gasteiger partial charge >= 0.3 is 0 Å². The number of rotatable bonds is 1. The van der Waals surface area contributed by atoms with Crippen LogP contribution in [-0.4, -0.2) is 15.8 Å². The van der Waals surface area contributed by atoms with Crippen LogP contribution in [0.1, 0.15) is 38.8 Å². The highest BCUT2D eigenvalue weighted by Crippen LogP contribution is 2.20. The maximum Gasteiger partial charge on any atom is 0.272 e. The van der Waals surface area contributed by atoms with Gasteiger partial charge in [0, 0.05) is 12.1 Å². The average Bonchev–Trinajstić information content (AvgIpc) is 2.43. The van der Waals surface area contributed by atoms with Crippen LogP contribution in [0.3, 0.4) is 0 Å². The summed E-state index contributed by atoms with van der Waals surface area (Å²) in [6.45, 7) is 6.15. The van der Waals surface area contributed by atoms with E-state index >= 15 is 0 Å². The fourth-order valence-electron chi connectivity index (χ4n) is 1.89. The largest absolute Gasteiger partial charge is 0.368 e. The summed E-state index contributed by atoms with van der Waals surface area (Å²) in [5.41, 5.74) is 1.05. The molecule has 0 aliphatic carbocycles. The fourth-order valence-corrected chi connectivity index (χ4v) is 1.89. The van der Waals surface area contributed by atoms with Crippen molar-refractivity contribution in [2.24, 2.45) is 0 Å². The van der Waals surface area contributed by atoms with Crippen LogP contribution in [0.2, 0.25) is 0 Å². The van der Waals surface area contributed by atoms with Crippen LogP contribution < -0.4 is 10.9 Å². The molecule has 1 aliphatic heterocycles. The first-order chi connectivity index (χ1) is 6.59. The van der Waals surface area contributed by atoms with E-state index in [1.165, 1.54) is 0 Å². The second-order valence-corrected chi connectivity index (χ2v) is 4.32. The van der Waals surface area contributed by atoms with E-state index in [4.69, 9.17) is 0 Å². The number of nitrogens with one attached hydrogen (secondary N) is 2. The smallest absolute Gasteiger partial charge is 0.272 e. The minimum atomic E-state index is 0.134. The fraction of sp³-hybridized carbons (Fsp3) is 0.700. The molecule has 2 heterocycles. The number of hydrogen-bond acceptors (Lipinski definition) is 2. The van der Waals surface area contributed by atoms with Gasteiger partial charge in [0.05, 0.1) is 5.56 Å². The second kappa shape index (κ2) is 3.19. The Morgan fingerprint density at radius 1 is 1.50 bits per heavy atom. The summed E-state index contributed by atoms with van der Waals surface area (Å²) in [5.74, 6) is 0.919. The van der Waals surface area contributed by atoms with E-state index in [9.17, 15) is 4.79 Å². The predicted molar refractivity (Wildman–Crippen MR) is 56.8 cm³/mol. The Hall–Kier alpha value is -1.19. The molecule has 0 spiro atoms. The molecule has 4 nitrogen and oxygen atoms in total. The lowest BCUT2D eigenvalue weighted by Crippen LogP contribution is -2.25. The lowest BCUT2D eigenvalue weighted by atomic mass is 10.0. The number of fused-ring (bicyclic) bond motifs is 1. The summed E-state index contributed by atoms with van der Waals surface area (Å²) in [7, 11) is 0. The number of H-pyrrole nitrogens is 1. The molecule has 0 fully saturated rings. The lowest BCUT2D eigenvalue weighted by molar-refractivity contribution is 0.517.